The number of rotatable bonds is 2. The zero-order chi connectivity index (χ0) is 13.5. The molecule has 0 aromatic carbocycles. The highest BCUT2D eigenvalue weighted by molar-refractivity contribution is 6.03. The van der Waals surface area contributed by atoms with Crippen molar-refractivity contribution < 1.29 is 0 Å². The standard InChI is InChI=1S/C17H25N/c1-11(2)15-7-6-13-10-14(18)8-9-17(13,5)16(15)12(3)4/h6-12,15-16,18H,1-5H3/t15?,16?,17-/m0/s1. The maximum atomic E-state index is 7.81. The summed E-state index contributed by atoms with van der Waals surface area (Å²) in [6.45, 7) is 11.6. The van der Waals surface area contributed by atoms with Gasteiger partial charge in [0, 0.05) is 5.41 Å². The van der Waals surface area contributed by atoms with Gasteiger partial charge in [-0.3, -0.25) is 0 Å². The fraction of sp³-hybridized carbons (Fsp3) is 0.588. The number of fused-ring (bicyclic) bond motifs is 1. The van der Waals surface area contributed by atoms with Gasteiger partial charge in [0.2, 0.25) is 0 Å². The van der Waals surface area contributed by atoms with E-state index < -0.39 is 0 Å². The van der Waals surface area contributed by atoms with E-state index >= 15 is 0 Å². The molecule has 1 heteroatoms. The maximum Gasteiger partial charge on any atom is 0.0540 e. The molecular formula is C17H25N. The van der Waals surface area contributed by atoms with Gasteiger partial charge < -0.3 is 5.41 Å². The molecule has 2 aliphatic carbocycles. The summed E-state index contributed by atoms with van der Waals surface area (Å²) >= 11 is 0. The monoisotopic (exact) mass is 243 g/mol. The lowest BCUT2D eigenvalue weighted by Crippen LogP contribution is -2.41. The average Bonchev–Trinajstić information content (AvgIpc) is 2.27. The third-order valence-electron chi connectivity index (χ3n) is 4.64. The molecule has 0 aromatic heterocycles. The minimum atomic E-state index is 0.0996. The Balaban J connectivity index is 2.51. The molecule has 0 heterocycles. The van der Waals surface area contributed by atoms with Crippen LogP contribution in [0.5, 0.6) is 0 Å². The number of hydrogen-bond acceptors (Lipinski definition) is 1. The van der Waals surface area contributed by atoms with E-state index in [0.717, 1.165) is 0 Å². The molecule has 0 aliphatic heterocycles. The smallest absolute Gasteiger partial charge is 0.0540 e. The molecule has 0 spiro atoms. The summed E-state index contributed by atoms with van der Waals surface area (Å²) in [5, 5.41) is 7.81. The molecule has 0 radical (unpaired) electrons. The van der Waals surface area contributed by atoms with E-state index in [0.29, 0.717) is 29.4 Å². The van der Waals surface area contributed by atoms with Crippen LogP contribution in [0.1, 0.15) is 34.6 Å². The van der Waals surface area contributed by atoms with Gasteiger partial charge in [-0.25, -0.2) is 0 Å². The average molecular weight is 243 g/mol. The van der Waals surface area contributed by atoms with Crippen molar-refractivity contribution in [1.82, 2.24) is 0 Å². The molecular weight excluding hydrogens is 218 g/mol. The van der Waals surface area contributed by atoms with Gasteiger partial charge in [0.05, 0.1) is 5.71 Å². The van der Waals surface area contributed by atoms with Crippen molar-refractivity contribution in [2.24, 2.45) is 29.1 Å². The highest BCUT2D eigenvalue weighted by Gasteiger charge is 2.44. The first-order valence-electron chi connectivity index (χ1n) is 7.04. The molecule has 0 bridgehead atoms. The van der Waals surface area contributed by atoms with Crippen molar-refractivity contribution in [3.63, 3.8) is 0 Å². The predicted molar refractivity (Wildman–Crippen MR) is 78.9 cm³/mol. The molecule has 0 saturated carbocycles. The molecule has 0 aromatic rings. The lowest BCUT2D eigenvalue weighted by atomic mass is 9.56. The van der Waals surface area contributed by atoms with Crippen molar-refractivity contribution in [2.45, 2.75) is 34.6 Å². The van der Waals surface area contributed by atoms with Crippen LogP contribution < -0.4 is 0 Å². The Morgan fingerprint density at radius 1 is 1.11 bits per heavy atom. The molecule has 2 rings (SSSR count). The van der Waals surface area contributed by atoms with E-state index in [2.05, 4.69) is 52.8 Å². The van der Waals surface area contributed by atoms with E-state index in [1.165, 1.54) is 5.57 Å². The molecule has 0 fully saturated rings. The number of hydrogen-bond donors (Lipinski definition) is 1. The maximum absolute atomic E-state index is 7.81. The lowest BCUT2D eigenvalue weighted by molar-refractivity contribution is 0.134. The summed E-state index contributed by atoms with van der Waals surface area (Å²) in [5.41, 5.74) is 2.03. The van der Waals surface area contributed by atoms with Crippen LogP contribution in [0.4, 0.5) is 0 Å². The summed E-state index contributed by atoms with van der Waals surface area (Å²) in [6, 6.07) is 0. The molecule has 2 unspecified atom stereocenters. The van der Waals surface area contributed by atoms with Crippen molar-refractivity contribution >= 4 is 5.71 Å². The molecule has 0 saturated heterocycles. The Morgan fingerprint density at radius 3 is 2.33 bits per heavy atom. The van der Waals surface area contributed by atoms with Crippen molar-refractivity contribution in [3.05, 3.63) is 36.0 Å². The van der Waals surface area contributed by atoms with Gasteiger partial charge in [0.15, 0.2) is 0 Å². The van der Waals surface area contributed by atoms with E-state index in [-0.39, 0.29) is 5.41 Å². The topological polar surface area (TPSA) is 23.9 Å². The van der Waals surface area contributed by atoms with E-state index in [4.69, 9.17) is 5.41 Å². The Bertz CT molecular complexity index is 437. The summed E-state index contributed by atoms with van der Waals surface area (Å²) in [7, 11) is 0. The second kappa shape index (κ2) is 4.53. The minimum absolute atomic E-state index is 0.0996. The Hall–Kier alpha value is -1.11. The zero-order valence-electron chi connectivity index (χ0n) is 12.2. The number of nitrogens with one attached hydrogen (secondary N) is 1. The van der Waals surface area contributed by atoms with Crippen molar-refractivity contribution in [1.29, 1.82) is 5.41 Å². The summed E-state index contributed by atoms with van der Waals surface area (Å²) in [4.78, 5) is 0. The summed E-state index contributed by atoms with van der Waals surface area (Å²) in [6.07, 6.45) is 10.9. The Kier molecular flexibility index (Phi) is 3.35. The van der Waals surface area contributed by atoms with Crippen LogP contribution in [-0.2, 0) is 0 Å². The van der Waals surface area contributed by atoms with Crippen molar-refractivity contribution in [3.8, 4) is 0 Å². The Morgan fingerprint density at radius 2 is 1.78 bits per heavy atom. The third-order valence-corrected chi connectivity index (χ3v) is 4.64. The molecule has 2 aliphatic rings. The highest BCUT2D eigenvalue weighted by atomic mass is 14.5. The molecule has 0 amide bonds. The first-order valence-corrected chi connectivity index (χ1v) is 7.04. The fourth-order valence-electron chi connectivity index (χ4n) is 3.77. The first kappa shape index (κ1) is 13.3. The van der Waals surface area contributed by atoms with E-state index in [9.17, 15) is 0 Å². The van der Waals surface area contributed by atoms with Crippen LogP contribution in [0.2, 0.25) is 0 Å². The second-order valence-corrected chi connectivity index (χ2v) is 6.62. The largest absolute Gasteiger partial charge is 0.301 e. The zero-order valence-corrected chi connectivity index (χ0v) is 12.2. The lowest BCUT2D eigenvalue weighted by Gasteiger charge is -2.48. The van der Waals surface area contributed by atoms with Crippen LogP contribution in [-0.4, -0.2) is 5.71 Å². The minimum Gasteiger partial charge on any atom is -0.301 e. The molecule has 1 N–H and O–H groups in total. The van der Waals surface area contributed by atoms with Crippen LogP contribution in [0.3, 0.4) is 0 Å². The van der Waals surface area contributed by atoms with Gasteiger partial charge in [0.1, 0.15) is 0 Å². The third kappa shape index (κ3) is 2.00. The highest BCUT2D eigenvalue weighted by Crippen LogP contribution is 2.51. The van der Waals surface area contributed by atoms with Crippen LogP contribution >= 0.6 is 0 Å². The van der Waals surface area contributed by atoms with E-state index in [1.54, 1.807) is 0 Å². The van der Waals surface area contributed by atoms with Crippen LogP contribution in [0.15, 0.2) is 36.0 Å². The molecule has 98 valence electrons. The van der Waals surface area contributed by atoms with E-state index in [1.807, 2.05) is 12.2 Å². The second-order valence-electron chi connectivity index (χ2n) is 6.62. The summed E-state index contributed by atoms with van der Waals surface area (Å²) in [5.74, 6) is 2.57. The van der Waals surface area contributed by atoms with Gasteiger partial charge in [-0.1, -0.05) is 52.8 Å². The van der Waals surface area contributed by atoms with Gasteiger partial charge in [0.25, 0.3) is 0 Å². The molecule has 3 atom stereocenters. The van der Waals surface area contributed by atoms with Crippen LogP contribution in [0, 0.1) is 34.5 Å². The number of allylic oxidation sites excluding steroid dienone is 6. The Labute approximate surface area is 111 Å². The van der Waals surface area contributed by atoms with Gasteiger partial charge in [-0.05, 0) is 41.4 Å². The fourth-order valence-corrected chi connectivity index (χ4v) is 3.77. The quantitative estimate of drug-likeness (QED) is 0.731. The SMILES string of the molecule is CC(C)C1C=CC2=CC(=N)C=C[C@]2(C)C1C(C)C. The van der Waals surface area contributed by atoms with Gasteiger partial charge in [-0.15, -0.1) is 0 Å². The molecule has 1 nitrogen and oxygen atoms in total. The first-order chi connectivity index (χ1) is 8.36. The van der Waals surface area contributed by atoms with Crippen molar-refractivity contribution in [2.75, 3.05) is 0 Å². The van der Waals surface area contributed by atoms with Crippen LogP contribution in [0.25, 0.3) is 0 Å². The summed E-state index contributed by atoms with van der Waals surface area (Å²) < 4.78 is 0. The van der Waals surface area contributed by atoms with Gasteiger partial charge in [-0.2, -0.15) is 0 Å². The van der Waals surface area contributed by atoms with Gasteiger partial charge >= 0.3 is 0 Å². The molecule has 18 heavy (non-hydrogen) atoms. The predicted octanol–water partition coefficient (Wildman–Crippen LogP) is 4.62. The normalized spacial score (nSPS) is 35.1.